The highest BCUT2D eigenvalue weighted by molar-refractivity contribution is 5.73. The van der Waals surface area contributed by atoms with Crippen molar-refractivity contribution in [3.8, 4) is 23.0 Å². The lowest BCUT2D eigenvalue weighted by atomic mass is 9.93. The van der Waals surface area contributed by atoms with E-state index in [1.165, 1.54) is 0 Å². The van der Waals surface area contributed by atoms with E-state index in [1.807, 2.05) is 243 Å². The predicted molar refractivity (Wildman–Crippen MR) is 423 cm³/mol. The van der Waals surface area contributed by atoms with Crippen molar-refractivity contribution >= 4 is 23.9 Å². The molecule has 16 heteroatoms. The van der Waals surface area contributed by atoms with Crippen LogP contribution in [-0.2, 0) is 96.2 Å². The number of carbonyl (C=O) groups is 4. The van der Waals surface area contributed by atoms with Crippen LogP contribution in [0, 0.1) is 5.41 Å². The van der Waals surface area contributed by atoms with Gasteiger partial charge in [0, 0.05) is 51.4 Å². The van der Waals surface area contributed by atoms with Gasteiger partial charge in [-0.05, 0) is 111 Å². The number of aliphatic carboxylic acids is 4. The van der Waals surface area contributed by atoms with Gasteiger partial charge in [0.1, 0.15) is 23.0 Å². The molecule has 0 aromatic heterocycles. The maximum absolute atomic E-state index is 11.1. The minimum atomic E-state index is -1.11. The smallest absolute Gasteiger partial charge is 0.307 e. The van der Waals surface area contributed by atoms with E-state index in [-0.39, 0.29) is 48.7 Å². The molecule has 0 saturated carbocycles. The first kappa shape index (κ1) is 82.2. The minimum absolute atomic E-state index is 0.0517. The highest BCUT2D eigenvalue weighted by Gasteiger charge is 2.27. The Bertz CT molecular complexity index is 3950. The topological polar surface area (TPSA) is 311 Å². The molecule has 0 radical (unpaired) electrons. The molecule has 12 aromatic carbocycles. The Hall–Kier alpha value is -12.4. The third kappa shape index (κ3) is 27.1. The molecule has 12 aromatic rings. The zero-order chi connectivity index (χ0) is 77.9. The van der Waals surface area contributed by atoms with E-state index in [1.54, 1.807) is 48.5 Å². The Labute approximate surface area is 635 Å². The number of carboxylic acid groups (broad SMARTS) is 4. The number of hydrogen-bond acceptors (Lipinski definition) is 12. The molecule has 0 bridgehead atoms. The fourth-order valence-electron chi connectivity index (χ4n) is 12.3. The summed E-state index contributed by atoms with van der Waals surface area (Å²) in [6, 6.07) is 93.3. The summed E-state index contributed by atoms with van der Waals surface area (Å²) in [5.74, 6) is -2.49. The van der Waals surface area contributed by atoms with E-state index in [4.69, 9.17) is 40.9 Å². The van der Waals surface area contributed by atoms with Crippen molar-refractivity contribution in [3.63, 3.8) is 0 Å². The molecular weight excluding hydrogens is 1370 g/mol. The summed E-state index contributed by atoms with van der Waals surface area (Å²) in [6.07, 6.45) is 4.36. The number of hydrogen-bond donors (Lipinski definition) is 12. The van der Waals surface area contributed by atoms with E-state index < -0.39 is 55.7 Å². The quantitative estimate of drug-likeness (QED) is 0.0217. The van der Waals surface area contributed by atoms with Crippen LogP contribution < -0.4 is 0 Å². The summed E-state index contributed by atoms with van der Waals surface area (Å²) < 4.78 is 0. The molecule has 0 unspecified atom stereocenters. The summed E-state index contributed by atoms with van der Waals surface area (Å²) >= 11 is 0. The third-order valence-electron chi connectivity index (χ3n) is 18.0. The van der Waals surface area contributed by atoms with Crippen LogP contribution in [0.15, 0.2) is 291 Å². The van der Waals surface area contributed by atoms with Gasteiger partial charge >= 0.3 is 23.9 Å². The summed E-state index contributed by atoms with van der Waals surface area (Å²) in [6.45, 7) is -1.62. The van der Waals surface area contributed by atoms with Crippen LogP contribution in [0.5, 0.6) is 23.0 Å². The van der Waals surface area contributed by atoms with Crippen molar-refractivity contribution in [2.45, 2.75) is 77.0 Å². The van der Waals surface area contributed by atoms with Crippen LogP contribution >= 0.6 is 0 Å². The lowest BCUT2D eigenvalue weighted by Crippen LogP contribution is -2.37. The van der Waals surface area contributed by atoms with Gasteiger partial charge in [-0.2, -0.15) is 0 Å². The molecular formula is C93H92O16. The zero-order valence-electron chi connectivity index (χ0n) is 60.5. The fourth-order valence-corrected chi connectivity index (χ4v) is 12.3. The Balaban J connectivity index is 0.000000176. The monoisotopic (exact) mass is 1460 g/mol. The van der Waals surface area contributed by atoms with Crippen LogP contribution in [0.1, 0.15) is 111 Å². The van der Waals surface area contributed by atoms with Gasteiger partial charge in [0.2, 0.25) is 0 Å². The predicted octanol–water partition coefficient (Wildman–Crippen LogP) is 14.7. The number of aliphatic hydroxyl groups excluding tert-OH is 4. The number of aliphatic hydroxyl groups is 4. The zero-order valence-corrected chi connectivity index (χ0v) is 60.5. The number of phenols is 4. The number of benzene rings is 12. The second-order valence-corrected chi connectivity index (χ2v) is 26.8. The van der Waals surface area contributed by atoms with Crippen LogP contribution in [-0.4, -0.2) is 112 Å². The first-order valence-electron chi connectivity index (χ1n) is 35.7. The van der Waals surface area contributed by atoms with E-state index >= 15 is 0 Å². The lowest BCUT2D eigenvalue weighted by Gasteiger charge is -2.23. The minimum Gasteiger partial charge on any atom is -0.507 e. The average Bonchev–Trinajstić information content (AvgIpc) is 0.835. The van der Waals surface area contributed by atoms with Crippen molar-refractivity contribution in [1.82, 2.24) is 0 Å². The van der Waals surface area contributed by atoms with Gasteiger partial charge in [-0.15, -0.1) is 0 Å². The number of phenolic OH excluding ortho intramolecular Hbond substituents is 4. The fraction of sp³-hybridized carbons (Fsp3) is 0.183. The van der Waals surface area contributed by atoms with Gasteiger partial charge in [0.15, 0.2) is 0 Å². The van der Waals surface area contributed by atoms with Gasteiger partial charge in [-0.1, -0.05) is 291 Å². The molecule has 12 N–H and O–H groups in total. The molecule has 0 amide bonds. The SMILES string of the molecule is O=C(O)Cc1cc(Cc2ccccc2)c(O)c(Cc2ccccc2)c1.O=C(O)Cc1cc(Cc2ccccc2)c(O)c(Cc2ccccc2)c1.O=C(O)Cc1cc(Cc2ccccc2)c(O)c(Cc2ccccc2)c1.O=C(O)Cc1cc(Cc2ccccc2)c(O)c(Cc2ccccc2)c1.OCC(CO)(CO)CO. The van der Waals surface area contributed by atoms with Gasteiger partial charge in [0.05, 0.1) is 57.5 Å². The second kappa shape index (κ2) is 42.6. The molecule has 0 aliphatic carbocycles. The van der Waals surface area contributed by atoms with Crippen LogP contribution in [0.2, 0.25) is 0 Å². The van der Waals surface area contributed by atoms with Gasteiger partial charge in [-0.25, -0.2) is 0 Å². The van der Waals surface area contributed by atoms with Crippen molar-refractivity contribution in [2.24, 2.45) is 5.41 Å². The maximum atomic E-state index is 11.1. The average molecular weight is 1470 g/mol. The van der Waals surface area contributed by atoms with Crippen molar-refractivity contribution in [3.05, 3.63) is 402 Å². The summed E-state index contributed by atoms with van der Waals surface area (Å²) in [5, 5.41) is 113. The number of aromatic hydroxyl groups is 4. The molecule has 0 heterocycles. The second-order valence-electron chi connectivity index (χ2n) is 26.8. The largest absolute Gasteiger partial charge is 0.507 e. The highest BCUT2D eigenvalue weighted by atomic mass is 16.4. The molecule has 0 aliphatic heterocycles. The van der Waals surface area contributed by atoms with E-state index in [2.05, 4.69) is 0 Å². The molecule has 109 heavy (non-hydrogen) atoms. The Morgan fingerprint density at radius 2 is 0.321 bits per heavy atom. The third-order valence-corrected chi connectivity index (χ3v) is 18.0. The summed E-state index contributed by atoms with van der Waals surface area (Å²) in [4.78, 5) is 44.5. The number of carboxylic acids is 4. The van der Waals surface area contributed by atoms with Crippen molar-refractivity contribution < 1.29 is 80.5 Å². The molecule has 560 valence electrons. The Morgan fingerprint density at radius 3 is 0.413 bits per heavy atom. The Morgan fingerprint density at radius 1 is 0.202 bits per heavy atom. The van der Waals surface area contributed by atoms with Crippen LogP contribution in [0.3, 0.4) is 0 Å². The number of rotatable bonds is 28. The van der Waals surface area contributed by atoms with Crippen molar-refractivity contribution in [1.29, 1.82) is 0 Å². The first-order valence-corrected chi connectivity index (χ1v) is 35.7. The summed E-state index contributed by atoms with van der Waals surface area (Å²) in [7, 11) is 0. The molecule has 0 aliphatic rings. The van der Waals surface area contributed by atoms with Crippen molar-refractivity contribution in [2.75, 3.05) is 26.4 Å². The molecule has 12 rings (SSSR count). The molecule has 0 atom stereocenters. The van der Waals surface area contributed by atoms with E-state index in [0.29, 0.717) is 73.6 Å². The van der Waals surface area contributed by atoms with E-state index in [9.17, 15) is 39.6 Å². The maximum Gasteiger partial charge on any atom is 0.307 e. The van der Waals surface area contributed by atoms with Gasteiger partial charge in [0.25, 0.3) is 0 Å². The lowest BCUT2D eigenvalue weighted by molar-refractivity contribution is -0.137. The normalized spacial score (nSPS) is 10.7. The summed E-state index contributed by atoms with van der Waals surface area (Å²) in [5.41, 5.74) is 16.4. The Kier molecular flexibility index (Phi) is 32.2. The molecule has 16 nitrogen and oxygen atoms in total. The van der Waals surface area contributed by atoms with Gasteiger partial charge in [-0.3, -0.25) is 19.2 Å². The van der Waals surface area contributed by atoms with E-state index in [0.717, 1.165) is 89.0 Å². The first-order chi connectivity index (χ1) is 52.7. The molecule has 0 spiro atoms. The molecule has 0 saturated heterocycles. The van der Waals surface area contributed by atoms with Crippen LogP contribution in [0.25, 0.3) is 0 Å². The molecule has 0 fully saturated rings. The van der Waals surface area contributed by atoms with Gasteiger partial charge < -0.3 is 61.3 Å². The highest BCUT2D eigenvalue weighted by Crippen LogP contribution is 2.34. The standard InChI is InChI=1S/4C22H20O3.C5H12O4/c4*23-21(24)15-18-13-19(11-16-7-3-1-4-8-16)22(25)20(14-18)12-17-9-5-2-6-10-17;6-1-5(2-7,3-8)4-9/h4*1-10,13-14,25H,11-12,15H2,(H,23,24);6-9H,1-4H2. The van der Waals surface area contributed by atoms with Crippen LogP contribution in [0.4, 0.5) is 0 Å².